The third-order valence-electron chi connectivity index (χ3n) is 10.7. The molecule has 2 bridgehead atoms. The van der Waals surface area contributed by atoms with E-state index in [1.54, 1.807) is 24.8 Å². The van der Waals surface area contributed by atoms with Gasteiger partial charge >= 0.3 is 6.18 Å². The summed E-state index contributed by atoms with van der Waals surface area (Å²) in [5.41, 5.74) is -3.18. The molecule has 2 N–H and O–H groups in total. The lowest BCUT2D eigenvalue weighted by Gasteiger charge is -2.54. The van der Waals surface area contributed by atoms with E-state index in [0.29, 0.717) is 18.1 Å². The number of anilines is 1. The van der Waals surface area contributed by atoms with Crippen molar-refractivity contribution in [1.29, 1.82) is 0 Å². The molecular weight excluding hydrogens is 602 g/mol. The number of carbonyl (C=O) groups excluding carboxylic acids is 1. The molecule has 4 fully saturated rings. The van der Waals surface area contributed by atoms with E-state index in [4.69, 9.17) is 4.52 Å². The number of halogens is 4. The van der Waals surface area contributed by atoms with E-state index in [9.17, 15) is 32.6 Å². The molecule has 0 saturated heterocycles. The Balaban J connectivity index is 1.27. The summed E-state index contributed by atoms with van der Waals surface area (Å²) < 4.78 is 60.2. The van der Waals surface area contributed by atoms with Crippen LogP contribution in [0.3, 0.4) is 0 Å². The van der Waals surface area contributed by atoms with E-state index >= 15 is 0 Å². The summed E-state index contributed by atoms with van der Waals surface area (Å²) in [6, 6.07) is 14.9. The van der Waals surface area contributed by atoms with Gasteiger partial charge in [0.1, 0.15) is 0 Å². The molecule has 1 aromatic heterocycles. The third kappa shape index (κ3) is 5.85. The highest BCUT2D eigenvalue weighted by atomic mass is 19.4. The lowest BCUT2D eigenvalue weighted by molar-refractivity contribution is -0.295. The van der Waals surface area contributed by atoms with Gasteiger partial charge in [-0.05, 0) is 113 Å². The minimum atomic E-state index is -4.80. The first kappa shape index (κ1) is 32.6. The van der Waals surface area contributed by atoms with Crippen LogP contribution in [0.25, 0.3) is 11.1 Å². The molecule has 7 nitrogen and oxygen atoms in total. The number of aromatic nitrogens is 2. The van der Waals surface area contributed by atoms with E-state index in [0.717, 1.165) is 55.2 Å². The molecule has 0 spiro atoms. The van der Waals surface area contributed by atoms with Gasteiger partial charge in [-0.1, -0.05) is 41.6 Å². The molecule has 4 aliphatic rings. The van der Waals surface area contributed by atoms with Crippen molar-refractivity contribution < 1.29 is 37.1 Å². The maximum atomic E-state index is 14.5. The molecular formula is C35H41F4N3O4. The van der Waals surface area contributed by atoms with Crippen molar-refractivity contribution in [3.8, 4) is 11.1 Å². The quantitative estimate of drug-likeness (QED) is 0.247. The zero-order chi connectivity index (χ0) is 33.3. The average molecular weight is 644 g/mol. The van der Waals surface area contributed by atoms with Gasteiger partial charge in [-0.15, -0.1) is 0 Å². The Hall–Kier alpha value is -3.31. The number of carbonyl (C=O) groups is 1. The molecule has 2 aromatic carbocycles. The Morgan fingerprint density at radius 3 is 2.07 bits per heavy atom. The summed E-state index contributed by atoms with van der Waals surface area (Å²) in [5, 5.41) is 24.7. The SMILES string of the molecule is CC(C)(O)c1ccc(-c2cccc(N(C[C@]34CC[C@](c5noc(C(C)(C)F)n5)(CC3)CC4)C(=O)C3CC(O)(C(F)(F)F)C3)c2)cc1. The number of benzene rings is 2. The van der Waals surface area contributed by atoms with Crippen molar-refractivity contribution in [3.05, 3.63) is 65.8 Å². The maximum absolute atomic E-state index is 14.5. The fraction of sp³-hybridized carbons (Fsp3) is 0.571. The number of alkyl halides is 4. The molecule has 0 radical (unpaired) electrons. The van der Waals surface area contributed by atoms with Gasteiger partial charge in [0.15, 0.2) is 17.1 Å². The number of amides is 1. The number of hydrogen-bond donors (Lipinski definition) is 2. The molecule has 11 heteroatoms. The lowest BCUT2D eigenvalue weighted by Crippen LogP contribution is -2.60. The smallest absolute Gasteiger partial charge is 0.386 e. The highest BCUT2D eigenvalue weighted by Gasteiger charge is 2.63. The van der Waals surface area contributed by atoms with Crippen LogP contribution >= 0.6 is 0 Å². The summed E-state index contributed by atoms with van der Waals surface area (Å²) in [4.78, 5) is 20.1. The van der Waals surface area contributed by atoms with Crippen LogP contribution in [0.1, 0.15) is 96.3 Å². The highest BCUT2D eigenvalue weighted by Crippen LogP contribution is 2.58. The monoisotopic (exact) mass is 643 g/mol. The van der Waals surface area contributed by atoms with Gasteiger partial charge in [0.2, 0.25) is 5.91 Å². The molecule has 4 saturated carbocycles. The molecule has 7 rings (SSSR count). The second kappa shape index (κ2) is 10.9. The molecule has 0 aliphatic heterocycles. The van der Waals surface area contributed by atoms with Crippen LogP contribution in [0.15, 0.2) is 53.1 Å². The predicted molar refractivity (Wildman–Crippen MR) is 163 cm³/mol. The first-order valence-corrected chi connectivity index (χ1v) is 15.9. The average Bonchev–Trinajstić information content (AvgIpc) is 3.51. The maximum Gasteiger partial charge on any atom is 0.417 e. The minimum absolute atomic E-state index is 0.0510. The van der Waals surface area contributed by atoms with Crippen molar-refractivity contribution in [2.45, 2.75) is 108 Å². The fourth-order valence-corrected chi connectivity index (χ4v) is 7.45. The minimum Gasteiger partial charge on any atom is -0.386 e. The molecule has 4 aliphatic carbocycles. The summed E-state index contributed by atoms with van der Waals surface area (Å²) in [6.45, 7) is 6.49. The van der Waals surface area contributed by atoms with Crippen LogP contribution < -0.4 is 4.90 Å². The standard InChI is InChI=1S/C35H41F4N3O4/c1-30(2,36)29-40-28(41-46-29)33-15-12-32(13-16-33,14-17-33)21-42(27(43)24-19-34(45,20-24)35(37,38)39)26-7-5-6-23(18-26)22-8-10-25(11-9-22)31(3,4)44/h5-11,18,24,44-45H,12-17,19-21H2,1-4H3/t24?,32-,33+,34?. The Morgan fingerprint density at radius 2 is 1.54 bits per heavy atom. The van der Waals surface area contributed by atoms with Gasteiger partial charge in [-0.25, -0.2) is 4.39 Å². The number of rotatable bonds is 8. The Labute approximate surface area is 266 Å². The van der Waals surface area contributed by atoms with Crippen molar-refractivity contribution in [3.63, 3.8) is 0 Å². The van der Waals surface area contributed by atoms with Crippen LogP contribution in [0.5, 0.6) is 0 Å². The first-order valence-electron chi connectivity index (χ1n) is 15.9. The second-order valence-corrected chi connectivity index (χ2v) is 14.9. The summed E-state index contributed by atoms with van der Waals surface area (Å²) >= 11 is 0. The van der Waals surface area contributed by atoms with Crippen LogP contribution in [-0.4, -0.2) is 44.6 Å². The molecule has 1 amide bonds. The Morgan fingerprint density at radius 1 is 0.935 bits per heavy atom. The molecule has 0 unspecified atom stereocenters. The normalized spacial score (nSPS) is 28.2. The molecule has 46 heavy (non-hydrogen) atoms. The van der Waals surface area contributed by atoms with Crippen LogP contribution in [0.4, 0.5) is 23.2 Å². The molecule has 0 atom stereocenters. The summed E-state index contributed by atoms with van der Waals surface area (Å²) in [5.74, 6) is -0.914. The van der Waals surface area contributed by atoms with Crippen LogP contribution in [0.2, 0.25) is 0 Å². The van der Waals surface area contributed by atoms with E-state index in [1.165, 1.54) is 13.8 Å². The van der Waals surface area contributed by atoms with Crippen LogP contribution in [0, 0.1) is 11.3 Å². The predicted octanol–water partition coefficient (Wildman–Crippen LogP) is 7.50. The van der Waals surface area contributed by atoms with Gasteiger partial charge in [0.05, 0.1) is 5.60 Å². The zero-order valence-electron chi connectivity index (χ0n) is 26.6. The van der Waals surface area contributed by atoms with Crippen molar-refractivity contribution in [2.24, 2.45) is 11.3 Å². The van der Waals surface area contributed by atoms with Crippen molar-refractivity contribution >= 4 is 11.6 Å². The Kier molecular flexibility index (Phi) is 7.71. The van der Waals surface area contributed by atoms with Gasteiger partial charge in [0, 0.05) is 23.6 Å². The fourth-order valence-electron chi connectivity index (χ4n) is 7.45. The number of hydrogen-bond acceptors (Lipinski definition) is 6. The Bertz CT molecular complexity index is 1570. The second-order valence-electron chi connectivity index (χ2n) is 14.9. The van der Waals surface area contributed by atoms with Crippen LogP contribution in [-0.2, 0) is 21.5 Å². The molecule has 1 heterocycles. The number of nitrogens with zero attached hydrogens (tertiary/aromatic N) is 3. The van der Waals surface area contributed by atoms with E-state index < -0.39 is 47.7 Å². The lowest BCUT2D eigenvalue weighted by atomic mass is 9.53. The third-order valence-corrected chi connectivity index (χ3v) is 10.7. The topological polar surface area (TPSA) is 99.7 Å². The van der Waals surface area contributed by atoms with E-state index in [-0.39, 0.29) is 16.7 Å². The largest absolute Gasteiger partial charge is 0.417 e. The molecule has 3 aromatic rings. The van der Waals surface area contributed by atoms with E-state index in [1.807, 2.05) is 42.5 Å². The zero-order valence-corrected chi connectivity index (χ0v) is 26.6. The van der Waals surface area contributed by atoms with Crippen molar-refractivity contribution in [1.82, 2.24) is 10.1 Å². The van der Waals surface area contributed by atoms with Gasteiger partial charge in [0.25, 0.3) is 5.89 Å². The van der Waals surface area contributed by atoms with Gasteiger partial charge in [-0.2, -0.15) is 18.2 Å². The summed E-state index contributed by atoms with van der Waals surface area (Å²) in [7, 11) is 0. The highest BCUT2D eigenvalue weighted by molar-refractivity contribution is 5.96. The van der Waals surface area contributed by atoms with Gasteiger partial charge < -0.3 is 19.6 Å². The van der Waals surface area contributed by atoms with Gasteiger partial charge in [-0.3, -0.25) is 4.79 Å². The number of fused-ring (bicyclic) bond motifs is 3. The van der Waals surface area contributed by atoms with E-state index in [2.05, 4.69) is 10.1 Å². The first-order chi connectivity index (χ1) is 21.3. The number of aliphatic hydroxyl groups is 2. The molecule has 248 valence electrons. The van der Waals surface area contributed by atoms with Crippen molar-refractivity contribution in [2.75, 3.05) is 11.4 Å². The summed E-state index contributed by atoms with van der Waals surface area (Å²) in [6.07, 6.45) is -1.71.